The third-order valence-corrected chi connectivity index (χ3v) is 3.67. The van der Waals surface area contributed by atoms with Gasteiger partial charge in [0.25, 0.3) is 0 Å². The fourth-order valence-electron chi connectivity index (χ4n) is 2.52. The Bertz CT molecular complexity index is 537. The standard InChI is InChI=1S/C15H21F2N3O4/c16-15(17)24-14-11-12(3-4-13(14)20(21)22)18-5-1-6-19-7-2-9-23-10-8-19/h3-4,11,15,18H,1-2,5-10H2. The van der Waals surface area contributed by atoms with Gasteiger partial charge in [-0.25, -0.2) is 0 Å². The van der Waals surface area contributed by atoms with Crippen molar-refractivity contribution in [3.63, 3.8) is 0 Å². The molecule has 1 saturated heterocycles. The highest BCUT2D eigenvalue weighted by atomic mass is 19.3. The number of nitro groups is 1. The molecule has 2 rings (SSSR count). The van der Waals surface area contributed by atoms with Crippen molar-refractivity contribution in [2.45, 2.75) is 19.5 Å². The number of rotatable bonds is 8. The molecule has 0 radical (unpaired) electrons. The lowest BCUT2D eigenvalue weighted by Gasteiger charge is -2.19. The number of benzene rings is 1. The van der Waals surface area contributed by atoms with Crippen LogP contribution in [0.1, 0.15) is 12.8 Å². The molecule has 1 aliphatic heterocycles. The zero-order chi connectivity index (χ0) is 17.4. The Kier molecular flexibility index (Phi) is 7.13. The van der Waals surface area contributed by atoms with Crippen molar-refractivity contribution >= 4 is 11.4 Å². The van der Waals surface area contributed by atoms with Crippen molar-refractivity contribution < 1.29 is 23.2 Å². The highest BCUT2D eigenvalue weighted by molar-refractivity contribution is 5.58. The Morgan fingerprint density at radius 2 is 2.21 bits per heavy atom. The van der Waals surface area contributed by atoms with E-state index < -0.39 is 23.0 Å². The second-order valence-corrected chi connectivity index (χ2v) is 5.41. The number of halogens is 2. The van der Waals surface area contributed by atoms with Gasteiger partial charge in [-0.15, -0.1) is 0 Å². The molecule has 0 amide bonds. The molecule has 0 bridgehead atoms. The van der Waals surface area contributed by atoms with Crippen LogP contribution < -0.4 is 10.1 Å². The maximum absolute atomic E-state index is 12.4. The normalized spacial score (nSPS) is 16.0. The van der Waals surface area contributed by atoms with Crippen molar-refractivity contribution in [2.75, 3.05) is 44.7 Å². The summed E-state index contributed by atoms with van der Waals surface area (Å²) in [5, 5.41) is 13.9. The third kappa shape index (κ3) is 5.89. The van der Waals surface area contributed by atoms with Crippen molar-refractivity contribution in [2.24, 2.45) is 0 Å². The predicted octanol–water partition coefficient (Wildman–Crippen LogP) is 2.72. The van der Waals surface area contributed by atoms with Crippen LogP contribution in [0.3, 0.4) is 0 Å². The number of ether oxygens (including phenoxy) is 2. The molecule has 0 aliphatic carbocycles. The van der Waals surface area contributed by atoms with E-state index in [0.717, 1.165) is 51.8 Å². The zero-order valence-corrected chi connectivity index (χ0v) is 13.2. The van der Waals surface area contributed by atoms with Crippen LogP contribution >= 0.6 is 0 Å². The highest BCUT2D eigenvalue weighted by Crippen LogP contribution is 2.31. The Balaban J connectivity index is 1.84. The van der Waals surface area contributed by atoms with E-state index in [9.17, 15) is 18.9 Å². The average molecular weight is 345 g/mol. The molecule has 1 fully saturated rings. The van der Waals surface area contributed by atoms with Gasteiger partial charge >= 0.3 is 12.3 Å². The van der Waals surface area contributed by atoms with Gasteiger partial charge in [0, 0.05) is 44.1 Å². The SMILES string of the molecule is O=[N+]([O-])c1ccc(NCCCN2CCCOCC2)cc1OC(F)F. The first kappa shape index (κ1) is 18.3. The molecule has 1 aliphatic rings. The van der Waals surface area contributed by atoms with Crippen molar-refractivity contribution in [3.05, 3.63) is 28.3 Å². The van der Waals surface area contributed by atoms with E-state index in [2.05, 4.69) is 15.0 Å². The predicted molar refractivity (Wildman–Crippen MR) is 84.7 cm³/mol. The van der Waals surface area contributed by atoms with Crippen LogP contribution in [-0.4, -0.2) is 55.8 Å². The molecule has 1 heterocycles. The van der Waals surface area contributed by atoms with Gasteiger partial charge < -0.3 is 19.7 Å². The summed E-state index contributed by atoms with van der Waals surface area (Å²) >= 11 is 0. The summed E-state index contributed by atoms with van der Waals surface area (Å²) in [6, 6.07) is 3.87. The summed E-state index contributed by atoms with van der Waals surface area (Å²) in [7, 11) is 0. The minimum absolute atomic E-state index is 0.440. The van der Waals surface area contributed by atoms with E-state index >= 15 is 0 Å². The van der Waals surface area contributed by atoms with Crippen molar-refractivity contribution in [1.29, 1.82) is 0 Å². The molecule has 24 heavy (non-hydrogen) atoms. The van der Waals surface area contributed by atoms with Crippen LogP contribution in [0.4, 0.5) is 20.2 Å². The van der Waals surface area contributed by atoms with Crippen molar-refractivity contribution in [1.82, 2.24) is 4.90 Å². The molecule has 0 aromatic heterocycles. The van der Waals surface area contributed by atoms with Gasteiger partial charge in [-0.1, -0.05) is 0 Å². The van der Waals surface area contributed by atoms with Crippen LogP contribution in [0.15, 0.2) is 18.2 Å². The number of nitro benzene ring substituents is 1. The van der Waals surface area contributed by atoms with Crippen molar-refractivity contribution in [3.8, 4) is 5.75 Å². The monoisotopic (exact) mass is 345 g/mol. The Hall–Kier alpha value is -2.00. The van der Waals surface area contributed by atoms with Gasteiger partial charge in [0.2, 0.25) is 5.75 Å². The summed E-state index contributed by atoms with van der Waals surface area (Å²) < 4.78 is 34.3. The van der Waals surface area contributed by atoms with Crippen LogP contribution in [0.25, 0.3) is 0 Å². The fourth-order valence-corrected chi connectivity index (χ4v) is 2.52. The second kappa shape index (κ2) is 9.33. The smallest absolute Gasteiger partial charge is 0.387 e. The maximum Gasteiger partial charge on any atom is 0.387 e. The summed E-state index contributed by atoms with van der Waals surface area (Å²) in [5.74, 6) is -0.440. The molecule has 0 unspecified atom stereocenters. The number of anilines is 1. The van der Waals surface area contributed by atoms with Crippen LogP contribution in [0.5, 0.6) is 5.75 Å². The molecule has 0 spiro atoms. The summed E-state index contributed by atoms with van der Waals surface area (Å²) in [4.78, 5) is 12.4. The minimum atomic E-state index is -3.11. The molecule has 1 aromatic carbocycles. The molecule has 9 heteroatoms. The summed E-state index contributed by atoms with van der Waals surface area (Å²) in [6.45, 7) is 1.87. The first-order chi connectivity index (χ1) is 11.6. The molecule has 1 aromatic rings. The molecular weight excluding hydrogens is 324 g/mol. The molecule has 0 saturated carbocycles. The zero-order valence-electron chi connectivity index (χ0n) is 13.2. The van der Waals surface area contributed by atoms with Crippen LogP contribution in [0.2, 0.25) is 0 Å². The lowest BCUT2D eigenvalue weighted by atomic mass is 10.2. The first-order valence-corrected chi connectivity index (χ1v) is 7.83. The van der Waals surface area contributed by atoms with E-state index in [1.165, 1.54) is 12.1 Å². The lowest BCUT2D eigenvalue weighted by molar-refractivity contribution is -0.386. The molecule has 0 atom stereocenters. The number of nitrogens with zero attached hydrogens (tertiary/aromatic N) is 2. The van der Waals surface area contributed by atoms with E-state index in [-0.39, 0.29) is 0 Å². The van der Waals surface area contributed by atoms with E-state index in [1.54, 1.807) is 0 Å². The quantitative estimate of drug-likeness (QED) is 0.443. The van der Waals surface area contributed by atoms with Gasteiger partial charge in [0.05, 0.1) is 11.5 Å². The highest BCUT2D eigenvalue weighted by Gasteiger charge is 2.19. The molecule has 7 nitrogen and oxygen atoms in total. The topological polar surface area (TPSA) is 76.9 Å². The molecule has 134 valence electrons. The van der Waals surface area contributed by atoms with E-state index in [4.69, 9.17) is 4.74 Å². The van der Waals surface area contributed by atoms with Gasteiger partial charge in [0.1, 0.15) is 0 Å². The third-order valence-electron chi connectivity index (χ3n) is 3.67. The van der Waals surface area contributed by atoms with Gasteiger partial charge in [-0.05, 0) is 25.5 Å². The van der Waals surface area contributed by atoms with Gasteiger partial charge in [0.15, 0.2) is 0 Å². The Morgan fingerprint density at radius 3 is 2.96 bits per heavy atom. The minimum Gasteiger partial charge on any atom is -0.427 e. The van der Waals surface area contributed by atoms with Gasteiger partial charge in [-0.3, -0.25) is 10.1 Å². The fraction of sp³-hybridized carbons (Fsp3) is 0.600. The summed E-state index contributed by atoms with van der Waals surface area (Å²) in [5.41, 5.74) is 0.0286. The number of nitrogens with one attached hydrogen (secondary N) is 1. The number of hydrogen-bond acceptors (Lipinski definition) is 6. The Labute approximate surface area is 138 Å². The molecular formula is C15H21F2N3O4. The first-order valence-electron chi connectivity index (χ1n) is 7.83. The summed E-state index contributed by atoms with van der Waals surface area (Å²) in [6.07, 6.45) is 1.88. The van der Waals surface area contributed by atoms with E-state index in [1.807, 2.05) is 0 Å². The molecule has 1 N–H and O–H groups in total. The maximum atomic E-state index is 12.4. The Morgan fingerprint density at radius 1 is 1.38 bits per heavy atom. The second-order valence-electron chi connectivity index (χ2n) is 5.41. The number of alkyl halides is 2. The van der Waals surface area contributed by atoms with Crippen LogP contribution in [0, 0.1) is 10.1 Å². The van der Waals surface area contributed by atoms with Crippen LogP contribution in [-0.2, 0) is 4.74 Å². The van der Waals surface area contributed by atoms with E-state index in [0.29, 0.717) is 12.2 Å². The largest absolute Gasteiger partial charge is 0.427 e. The van der Waals surface area contributed by atoms with Gasteiger partial charge in [-0.2, -0.15) is 8.78 Å². The lowest BCUT2D eigenvalue weighted by Crippen LogP contribution is -2.28. The number of hydrogen-bond donors (Lipinski definition) is 1. The average Bonchev–Trinajstić information content (AvgIpc) is 2.79.